The number of rotatable bonds is 1. The lowest BCUT2D eigenvalue weighted by molar-refractivity contribution is -0.124. The number of aromatic nitrogens is 2. The molecule has 2 amide bonds. The fraction of sp³-hybridized carbons (Fsp3) is 0.409. The number of carbonyl (C=O) groups is 3. The zero-order valence-electron chi connectivity index (χ0n) is 18.8. The van der Waals surface area contributed by atoms with Crippen LogP contribution in [0.1, 0.15) is 40.7 Å². The first-order valence-electron chi connectivity index (χ1n) is 10.5. The highest BCUT2D eigenvalue weighted by molar-refractivity contribution is 7.99. The van der Waals surface area contributed by atoms with Crippen molar-refractivity contribution in [3.05, 3.63) is 34.9 Å². The molecule has 0 radical (unpaired) electrons. The Morgan fingerprint density at radius 2 is 1.91 bits per heavy atom. The topological polar surface area (TPSA) is 146 Å². The second-order valence-corrected chi connectivity index (χ2v) is 8.67. The quantitative estimate of drug-likeness (QED) is 0.420. The van der Waals surface area contributed by atoms with Gasteiger partial charge in [-0.3, -0.25) is 9.59 Å². The number of nitrogen functional groups attached to an aromatic ring is 1. The fourth-order valence-electron chi connectivity index (χ4n) is 3.44. The molecule has 0 fully saturated rings. The maximum atomic E-state index is 12.9. The standard InChI is InChI=1S/C22H27N5O5S/c1-12-9-13(2)15-10-14(12)16-11-19(27-21(23)25-16)33-8-6-17(28)26-18(32-22(30)31-3)5-4-7-24-20(15)29/h9-11,18H,4-8H2,1-3H3,(H,24,29)(H,26,28)(H2,23,25,27)/t18-/m0/s1. The molecule has 33 heavy (non-hydrogen) atoms. The minimum absolute atomic E-state index is 0.106. The van der Waals surface area contributed by atoms with Crippen molar-refractivity contribution >= 4 is 35.7 Å². The third-order valence-corrected chi connectivity index (χ3v) is 5.96. The summed E-state index contributed by atoms with van der Waals surface area (Å²) in [6.45, 7) is 4.15. The van der Waals surface area contributed by atoms with Crippen LogP contribution in [0, 0.1) is 13.8 Å². The Hall–Kier alpha value is -3.34. The maximum absolute atomic E-state index is 12.9. The summed E-state index contributed by atoms with van der Waals surface area (Å²) in [5.74, 6) is 0.0226. The fourth-order valence-corrected chi connectivity index (χ4v) is 4.29. The van der Waals surface area contributed by atoms with E-state index in [1.807, 2.05) is 26.0 Å². The number of anilines is 1. The summed E-state index contributed by atoms with van der Waals surface area (Å²) in [5.41, 5.74) is 9.65. The molecule has 4 bridgehead atoms. The van der Waals surface area contributed by atoms with Crippen molar-refractivity contribution in [1.82, 2.24) is 20.6 Å². The molecule has 11 heteroatoms. The Bertz CT molecular complexity index is 1060. The molecule has 3 rings (SSSR count). The van der Waals surface area contributed by atoms with Gasteiger partial charge in [-0.2, -0.15) is 0 Å². The third-order valence-electron chi connectivity index (χ3n) is 5.05. The van der Waals surface area contributed by atoms with Gasteiger partial charge in [-0.15, -0.1) is 11.8 Å². The Labute approximate surface area is 196 Å². The number of nitrogens with zero attached hydrogens (tertiary/aromatic N) is 2. The van der Waals surface area contributed by atoms with E-state index < -0.39 is 12.4 Å². The normalized spacial score (nSPS) is 17.4. The largest absolute Gasteiger partial charge is 0.509 e. The monoisotopic (exact) mass is 473 g/mol. The molecule has 2 aromatic rings. The molecule has 176 valence electrons. The lowest BCUT2D eigenvalue weighted by Gasteiger charge is -2.18. The van der Waals surface area contributed by atoms with E-state index in [1.54, 1.807) is 6.07 Å². The van der Waals surface area contributed by atoms with Crippen molar-refractivity contribution in [2.45, 2.75) is 44.4 Å². The summed E-state index contributed by atoms with van der Waals surface area (Å²) >= 11 is 1.36. The number of benzene rings is 1. The second-order valence-electron chi connectivity index (χ2n) is 7.56. The number of carbonyl (C=O) groups excluding carboxylic acids is 3. The summed E-state index contributed by atoms with van der Waals surface area (Å²) in [4.78, 5) is 45.4. The zero-order valence-corrected chi connectivity index (χ0v) is 19.6. The molecule has 0 saturated carbocycles. The number of fused-ring (bicyclic) bond motifs is 5. The number of thioether (sulfide) groups is 1. The molecule has 0 saturated heterocycles. The van der Waals surface area contributed by atoms with E-state index >= 15 is 0 Å². The van der Waals surface area contributed by atoms with Gasteiger partial charge in [-0.25, -0.2) is 14.8 Å². The highest BCUT2D eigenvalue weighted by atomic mass is 32.2. The van der Waals surface area contributed by atoms with Gasteiger partial charge in [0.15, 0.2) is 6.23 Å². The van der Waals surface area contributed by atoms with E-state index in [4.69, 9.17) is 10.5 Å². The van der Waals surface area contributed by atoms with Crippen molar-refractivity contribution in [3.63, 3.8) is 0 Å². The molecule has 1 aliphatic heterocycles. The van der Waals surface area contributed by atoms with Gasteiger partial charge >= 0.3 is 6.16 Å². The number of ether oxygens (including phenoxy) is 2. The summed E-state index contributed by atoms with van der Waals surface area (Å²) < 4.78 is 9.66. The number of methoxy groups -OCH3 is 1. The highest BCUT2D eigenvalue weighted by Crippen LogP contribution is 2.29. The van der Waals surface area contributed by atoms with Crippen LogP contribution >= 0.6 is 11.8 Å². The first-order chi connectivity index (χ1) is 15.8. The van der Waals surface area contributed by atoms with E-state index in [2.05, 4.69) is 25.3 Å². The van der Waals surface area contributed by atoms with Crippen LogP contribution in [0.4, 0.5) is 10.7 Å². The van der Waals surface area contributed by atoms with Gasteiger partial charge in [0.05, 0.1) is 12.8 Å². The van der Waals surface area contributed by atoms with Crippen molar-refractivity contribution in [3.8, 4) is 11.3 Å². The van der Waals surface area contributed by atoms with Crippen LogP contribution in [0.2, 0.25) is 0 Å². The van der Waals surface area contributed by atoms with Gasteiger partial charge < -0.3 is 25.8 Å². The van der Waals surface area contributed by atoms with Gasteiger partial charge in [-0.1, -0.05) is 6.07 Å². The van der Waals surface area contributed by atoms with E-state index in [0.29, 0.717) is 41.4 Å². The van der Waals surface area contributed by atoms with Crippen molar-refractivity contribution in [1.29, 1.82) is 0 Å². The molecular formula is C22H27N5O5S. The average Bonchev–Trinajstić information content (AvgIpc) is 2.75. The van der Waals surface area contributed by atoms with Crippen LogP contribution in [0.3, 0.4) is 0 Å². The highest BCUT2D eigenvalue weighted by Gasteiger charge is 2.19. The minimum Gasteiger partial charge on any atom is -0.438 e. The molecule has 1 aliphatic rings. The Kier molecular flexibility index (Phi) is 8.10. The van der Waals surface area contributed by atoms with Gasteiger partial charge in [0, 0.05) is 36.3 Å². The smallest absolute Gasteiger partial charge is 0.438 e. The molecule has 1 aromatic heterocycles. The first kappa shape index (κ1) is 24.3. The van der Waals surface area contributed by atoms with Crippen LogP contribution in [-0.4, -0.2) is 53.6 Å². The number of hydrogen-bond donors (Lipinski definition) is 3. The Balaban J connectivity index is 1.92. The van der Waals surface area contributed by atoms with Crippen LogP contribution in [0.5, 0.6) is 0 Å². The number of hydrogen-bond acceptors (Lipinski definition) is 9. The molecular weight excluding hydrogens is 446 g/mol. The van der Waals surface area contributed by atoms with E-state index in [-0.39, 0.29) is 24.2 Å². The average molecular weight is 474 g/mol. The van der Waals surface area contributed by atoms with E-state index in [0.717, 1.165) is 16.7 Å². The van der Waals surface area contributed by atoms with Crippen molar-refractivity contribution < 1.29 is 23.9 Å². The number of aryl methyl sites for hydroxylation is 2. The SMILES string of the molecule is COC(=O)O[C@H]1CCCNC(=O)c2cc(c(C)cc2C)-c2cc(nc(N)n2)SCCC(=O)N1. The summed E-state index contributed by atoms with van der Waals surface area (Å²) in [6, 6.07) is 5.54. The minimum atomic E-state index is -0.892. The molecule has 1 aromatic carbocycles. The third kappa shape index (κ3) is 6.58. The maximum Gasteiger partial charge on any atom is 0.509 e. The lowest BCUT2D eigenvalue weighted by atomic mass is 9.97. The Morgan fingerprint density at radius 3 is 2.67 bits per heavy atom. The molecule has 2 heterocycles. The lowest BCUT2D eigenvalue weighted by Crippen LogP contribution is -2.39. The second kappa shape index (κ2) is 11.0. The molecule has 10 nitrogen and oxygen atoms in total. The predicted octanol–water partition coefficient (Wildman–Crippen LogP) is 2.57. The summed E-state index contributed by atoms with van der Waals surface area (Å²) in [6.07, 6.45) is -0.791. The van der Waals surface area contributed by atoms with E-state index in [9.17, 15) is 14.4 Å². The summed E-state index contributed by atoms with van der Waals surface area (Å²) in [5, 5.41) is 6.17. The van der Waals surface area contributed by atoms with Crippen LogP contribution in [0.15, 0.2) is 23.2 Å². The predicted molar refractivity (Wildman–Crippen MR) is 124 cm³/mol. The summed E-state index contributed by atoms with van der Waals surface area (Å²) in [7, 11) is 1.19. The molecule has 0 aliphatic carbocycles. The van der Waals surface area contributed by atoms with Crippen LogP contribution < -0.4 is 16.4 Å². The molecule has 0 spiro atoms. The van der Waals surface area contributed by atoms with Crippen LogP contribution in [-0.2, 0) is 14.3 Å². The number of amides is 2. The van der Waals surface area contributed by atoms with Crippen molar-refractivity contribution in [2.24, 2.45) is 0 Å². The van der Waals surface area contributed by atoms with Gasteiger partial charge in [-0.05, 0) is 43.5 Å². The molecule has 0 unspecified atom stereocenters. The number of nitrogens with two attached hydrogens (primary N) is 1. The van der Waals surface area contributed by atoms with Crippen LogP contribution in [0.25, 0.3) is 11.3 Å². The first-order valence-corrected chi connectivity index (χ1v) is 11.5. The van der Waals surface area contributed by atoms with E-state index in [1.165, 1.54) is 18.9 Å². The number of nitrogens with one attached hydrogen (secondary N) is 2. The molecule has 1 atom stereocenters. The molecule has 4 N–H and O–H groups in total. The van der Waals surface area contributed by atoms with Crippen molar-refractivity contribution in [2.75, 3.05) is 25.1 Å². The van der Waals surface area contributed by atoms with Gasteiger partial charge in [0.25, 0.3) is 5.91 Å². The zero-order chi connectivity index (χ0) is 24.0. The Morgan fingerprint density at radius 1 is 1.15 bits per heavy atom. The van der Waals surface area contributed by atoms with Gasteiger partial charge in [0.2, 0.25) is 11.9 Å². The van der Waals surface area contributed by atoms with Gasteiger partial charge in [0.1, 0.15) is 5.03 Å².